The summed E-state index contributed by atoms with van der Waals surface area (Å²) in [6, 6.07) is 23.4. The number of carbonyl (C=O) groups is 1. The number of benzene rings is 3. The number of para-hydroxylation sites is 2. The van der Waals surface area contributed by atoms with Gasteiger partial charge >= 0.3 is 12.2 Å². The van der Waals surface area contributed by atoms with E-state index in [9.17, 15) is 14.9 Å². The van der Waals surface area contributed by atoms with Gasteiger partial charge in [-0.15, -0.1) is 0 Å². The average molecular weight is 391 g/mol. The first kappa shape index (κ1) is 19.6. The number of non-ortho nitro benzene ring substituents is 1. The largest absolute Gasteiger partial charge is 0.446 e. The van der Waals surface area contributed by atoms with E-state index in [4.69, 9.17) is 9.47 Å². The second-order valence-electron chi connectivity index (χ2n) is 5.78. The molecule has 0 spiro atoms. The number of nitro benzene ring substituents is 1. The number of carbonyl (C=O) groups excluding carboxylic acids is 1. The van der Waals surface area contributed by atoms with Crippen LogP contribution in [0.5, 0.6) is 11.5 Å². The van der Waals surface area contributed by atoms with Crippen LogP contribution in [0.4, 0.5) is 5.69 Å². The Morgan fingerprint density at radius 2 is 1.52 bits per heavy atom. The molecule has 3 rings (SSSR count). The van der Waals surface area contributed by atoms with Crippen molar-refractivity contribution in [3.05, 3.63) is 101 Å². The molecular weight excluding hydrogens is 374 g/mol. The van der Waals surface area contributed by atoms with Gasteiger partial charge in [-0.1, -0.05) is 48.5 Å². The van der Waals surface area contributed by atoms with Gasteiger partial charge in [0.15, 0.2) is 0 Å². The predicted molar refractivity (Wildman–Crippen MR) is 107 cm³/mol. The maximum absolute atomic E-state index is 12.5. The van der Waals surface area contributed by atoms with E-state index in [1.807, 2.05) is 12.1 Å². The van der Waals surface area contributed by atoms with Gasteiger partial charge in [0.1, 0.15) is 11.5 Å². The van der Waals surface area contributed by atoms with Crippen molar-refractivity contribution in [3.8, 4) is 11.5 Å². The van der Waals surface area contributed by atoms with Gasteiger partial charge < -0.3 is 9.47 Å². The van der Waals surface area contributed by atoms with Gasteiger partial charge in [-0.2, -0.15) is 5.10 Å². The third-order valence-electron chi connectivity index (χ3n) is 3.66. The standard InChI is InChI=1S/C21H17N3O5/c25-20(23-22-15-16-8-7-9-17(14-16)24(26)27)21(28-18-10-3-1-4-11-18)29-19-12-5-2-6-13-19/h1-15,21H,(H,23,25)/b22-15+. The fraction of sp³-hybridized carbons (Fsp3) is 0.0476. The van der Waals surface area contributed by atoms with Crippen LogP contribution in [0.1, 0.15) is 5.56 Å². The van der Waals surface area contributed by atoms with Crippen LogP contribution in [0.2, 0.25) is 0 Å². The summed E-state index contributed by atoms with van der Waals surface area (Å²) in [7, 11) is 0. The molecule has 0 saturated heterocycles. The van der Waals surface area contributed by atoms with Crippen molar-refractivity contribution in [1.29, 1.82) is 0 Å². The predicted octanol–water partition coefficient (Wildman–Crippen LogP) is 3.53. The summed E-state index contributed by atoms with van der Waals surface area (Å²) in [5.41, 5.74) is 2.72. The van der Waals surface area contributed by atoms with E-state index in [2.05, 4.69) is 10.5 Å². The number of hydrogen-bond acceptors (Lipinski definition) is 6. The molecule has 0 radical (unpaired) electrons. The van der Waals surface area contributed by atoms with Crippen LogP contribution in [0.25, 0.3) is 0 Å². The Bertz CT molecular complexity index is 952. The zero-order valence-corrected chi connectivity index (χ0v) is 15.2. The van der Waals surface area contributed by atoms with E-state index in [-0.39, 0.29) is 5.69 Å². The van der Waals surface area contributed by atoms with Crippen molar-refractivity contribution in [1.82, 2.24) is 5.43 Å². The summed E-state index contributed by atoms with van der Waals surface area (Å²) in [5.74, 6) is 0.261. The second kappa shape index (κ2) is 9.65. The molecule has 0 bridgehead atoms. The Labute approximate surface area is 166 Å². The molecule has 0 aromatic heterocycles. The highest BCUT2D eigenvalue weighted by Crippen LogP contribution is 2.16. The maximum atomic E-state index is 12.5. The quantitative estimate of drug-likeness (QED) is 0.274. The Morgan fingerprint density at radius 1 is 0.931 bits per heavy atom. The van der Waals surface area contributed by atoms with E-state index >= 15 is 0 Å². The van der Waals surface area contributed by atoms with Crippen LogP contribution in [-0.2, 0) is 4.79 Å². The highest BCUT2D eigenvalue weighted by molar-refractivity contribution is 5.84. The average Bonchev–Trinajstić information content (AvgIpc) is 2.75. The van der Waals surface area contributed by atoms with E-state index in [1.54, 1.807) is 54.6 Å². The highest BCUT2D eigenvalue weighted by Gasteiger charge is 2.22. The lowest BCUT2D eigenvalue weighted by Crippen LogP contribution is -2.40. The lowest BCUT2D eigenvalue weighted by Gasteiger charge is -2.18. The van der Waals surface area contributed by atoms with E-state index in [1.165, 1.54) is 24.4 Å². The molecule has 0 saturated carbocycles. The summed E-state index contributed by atoms with van der Waals surface area (Å²) in [5, 5.41) is 14.7. The van der Waals surface area contributed by atoms with Crippen molar-refractivity contribution >= 4 is 17.8 Å². The molecule has 29 heavy (non-hydrogen) atoms. The van der Waals surface area contributed by atoms with E-state index in [0.717, 1.165) is 0 Å². The van der Waals surface area contributed by atoms with Crippen molar-refractivity contribution < 1.29 is 19.2 Å². The van der Waals surface area contributed by atoms with Crippen LogP contribution < -0.4 is 14.9 Å². The normalized spacial score (nSPS) is 10.7. The number of nitrogens with one attached hydrogen (secondary N) is 1. The smallest absolute Gasteiger partial charge is 0.323 e. The molecule has 0 aliphatic heterocycles. The summed E-state index contributed by atoms with van der Waals surface area (Å²) in [6.45, 7) is 0. The minimum atomic E-state index is -1.29. The Balaban J connectivity index is 1.70. The van der Waals surface area contributed by atoms with E-state index in [0.29, 0.717) is 17.1 Å². The molecular formula is C21H17N3O5. The molecule has 0 aliphatic rings. The number of nitro groups is 1. The van der Waals surface area contributed by atoms with Crippen LogP contribution in [0.15, 0.2) is 90.0 Å². The number of rotatable bonds is 8. The molecule has 0 heterocycles. The van der Waals surface area contributed by atoms with Crippen molar-refractivity contribution in [2.75, 3.05) is 0 Å². The molecule has 0 atom stereocenters. The first-order valence-corrected chi connectivity index (χ1v) is 8.62. The number of nitrogens with zero attached hydrogens (tertiary/aromatic N) is 2. The zero-order valence-electron chi connectivity index (χ0n) is 15.2. The molecule has 8 heteroatoms. The first-order valence-electron chi connectivity index (χ1n) is 8.62. The molecule has 3 aromatic rings. The van der Waals surface area contributed by atoms with Gasteiger partial charge in [0.2, 0.25) is 0 Å². The summed E-state index contributed by atoms with van der Waals surface area (Å²) >= 11 is 0. The third-order valence-corrected chi connectivity index (χ3v) is 3.66. The maximum Gasteiger partial charge on any atom is 0.323 e. The Morgan fingerprint density at radius 3 is 2.07 bits per heavy atom. The van der Waals surface area contributed by atoms with Gasteiger partial charge in [-0.3, -0.25) is 14.9 Å². The molecule has 1 N–H and O–H groups in total. The van der Waals surface area contributed by atoms with Gasteiger partial charge in [-0.05, 0) is 24.3 Å². The highest BCUT2D eigenvalue weighted by atomic mass is 16.7. The molecule has 0 fully saturated rings. The van der Waals surface area contributed by atoms with Crippen LogP contribution in [0.3, 0.4) is 0 Å². The Hall–Kier alpha value is -4.20. The number of ether oxygens (including phenoxy) is 2. The van der Waals surface area contributed by atoms with Crippen molar-refractivity contribution in [3.63, 3.8) is 0 Å². The fourth-order valence-corrected chi connectivity index (χ4v) is 2.32. The lowest BCUT2D eigenvalue weighted by atomic mass is 10.2. The third kappa shape index (κ3) is 5.90. The van der Waals surface area contributed by atoms with E-state index < -0.39 is 17.1 Å². The number of hydrazone groups is 1. The van der Waals surface area contributed by atoms with Crippen LogP contribution in [-0.4, -0.2) is 23.3 Å². The molecule has 0 unspecified atom stereocenters. The fourth-order valence-electron chi connectivity index (χ4n) is 2.32. The number of hydrogen-bond donors (Lipinski definition) is 1. The minimum absolute atomic E-state index is 0.0713. The summed E-state index contributed by atoms with van der Waals surface area (Å²) < 4.78 is 11.3. The van der Waals surface area contributed by atoms with Crippen LogP contribution >= 0.6 is 0 Å². The lowest BCUT2D eigenvalue weighted by molar-refractivity contribution is -0.384. The second-order valence-corrected chi connectivity index (χ2v) is 5.78. The van der Waals surface area contributed by atoms with Crippen molar-refractivity contribution in [2.24, 2.45) is 5.10 Å². The monoisotopic (exact) mass is 391 g/mol. The number of amides is 1. The molecule has 0 aliphatic carbocycles. The van der Waals surface area contributed by atoms with Crippen LogP contribution in [0, 0.1) is 10.1 Å². The SMILES string of the molecule is O=C(N/N=C/c1cccc([N+](=O)[O-])c1)C(Oc1ccccc1)Oc1ccccc1. The molecule has 146 valence electrons. The summed E-state index contributed by atoms with van der Waals surface area (Å²) in [4.78, 5) is 22.9. The molecule has 3 aromatic carbocycles. The topological polar surface area (TPSA) is 103 Å². The van der Waals surface area contributed by atoms with Gasteiger partial charge in [0.25, 0.3) is 5.69 Å². The zero-order chi connectivity index (χ0) is 20.5. The summed E-state index contributed by atoms with van der Waals surface area (Å²) in [6.07, 6.45) is 0.00885. The van der Waals surface area contributed by atoms with Gasteiger partial charge in [0, 0.05) is 17.7 Å². The van der Waals surface area contributed by atoms with Gasteiger partial charge in [-0.25, -0.2) is 5.43 Å². The Kier molecular flexibility index (Phi) is 6.51. The minimum Gasteiger partial charge on any atom is -0.446 e. The van der Waals surface area contributed by atoms with Gasteiger partial charge in [0.05, 0.1) is 11.1 Å². The first-order chi connectivity index (χ1) is 14.1. The van der Waals surface area contributed by atoms with Crippen molar-refractivity contribution in [2.45, 2.75) is 6.29 Å². The molecule has 8 nitrogen and oxygen atoms in total. The molecule has 1 amide bonds.